The lowest BCUT2D eigenvalue weighted by Gasteiger charge is -2.29. The van der Waals surface area contributed by atoms with Crippen molar-refractivity contribution in [1.29, 1.82) is 0 Å². The molecule has 0 aliphatic heterocycles. The normalized spacial score (nSPS) is 15.7. The van der Waals surface area contributed by atoms with Gasteiger partial charge in [-0.2, -0.15) is 0 Å². The van der Waals surface area contributed by atoms with Gasteiger partial charge in [-0.05, 0) is 59.9 Å². The van der Waals surface area contributed by atoms with E-state index in [4.69, 9.17) is 12.2 Å². The van der Waals surface area contributed by atoms with Gasteiger partial charge in [0.1, 0.15) is 0 Å². The average Bonchev–Trinajstić information content (AvgIpc) is 2.67. The summed E-state index contributed by atoms with van der Waals surface area (Å²) in [5.41, 5.74) is 6.85. The minimum Gasteiger partial charge on any atom is -0.339 e. The Kier molecular flexibility index (Phi) is 5.93. The van der Waals surface area contributed by atoms with Crippen molar-refractivity contribution < 1.29 is 0 Å². The highest BCUT2D eigenvalue weighted by Crippen LogP contribution is 2.28. The molecule has 0 heterocycles. The Hall–Kier alpha value is -1.93. The first-order chi connectivity index (χ1) is 12.5. The molecular weight excluding hydrogens is 334 g/mol. The standard InChI is InChI=1S/C24H29NS/c1-5-17(2)18(3)24(26)25(4)23-16-21-11-10-19-6-8-20(9-7-19)12-14-22(23)15-13-21/h5-9,13,15-18H,1,10-12,14H2,2-4H3/t17-,18-/m1/s1. The number of aryl methyl sites for hydroxylation is 4. The summed E-state index contributed by atoms with van der Waals surface area (Å²) in [5.74, 6) is 0.676. The van der Waals surface area contributed by atoms with Crippen LogP contribution in [0.2, 0.25) is 0 Å². The van der Waals surface area contributed by atoms with Crippen LogP contribution in [0.1, 0.15) is 36.1 Å². The van der Waals surface area contributed by atoms with E-state index in [9.17, 15) is 0 Å². The fourth-order valence-electron chi connectivity index (χ4n) is 3.58. The molecule has 2 heteroatoms. The number of thiocarbonyl (C=S) groups is 1. The van der Waals surface area contributed by atoms with E-state index in [-0.39, 0.29) is 0 Å². The smallest absolute Gasteiger partial charge is 0.0855 e. The summed E-state index contributed by atoms with van der Waals surface area (Å²) in [6, 6.07) is 16.1. The molecule has 0 aromatic heterocycles. The van der Waals surface area contributed by atoms with Crippen molar-refractivity contribution in [3.05, 3.63) is 77.4 Å². The first-order valence-corrected chi connectivity index (χ1v) is 10.00. The Balaban J connectivity index is 1.92. The van der Waals surface area contributed by atoms with Gasteiger partial charge < -0.3 is 4.90 Å². The Morgan fingerprint density at radius 1 is 0.962 bits per heavy atom. The summed E-state index contributed by atoms with van der Waals surface area (Å²) in [6.45, 7) is 8.32. The van der Waals surface area contributed by atoms with Crippen molar-refractivity contribution in [3.63, 3.8) is 0 Å². The summed E-state index contributed by atoms with van der Waals surface area (Å²) in [4.78, 5) is 3.22. The van der Waals surface area contributed by atoms with Gasteiger partial charge in [-0.3, -0.25) is 0 Å². The highest BCUT2D eigenvalue weighted by Gasteiger charge is 2.21. The highest BCUT2D eigenvalue weighted by molar-refractivity contribution is 7.80. The second kappa shape index (κ2) is 8.18. The topological polar surface area (TPSA) is 3.24 Å². The zero-order chi connectivity index (χ0) is 18.7. The third-order valence-corrected chi connectivity index (χ3v) is 6.45. The first kappa shape index (κ1) is 18.8. The molecule has 0 fully saturated rings. The summed E-state index contributed by atoms with van der Waals surface area (Å²) in [6.07, 6.45) is 6.24. The van der Waals surface area contributed by atoms with Crippen molar-refractivity contribution in [2.75, 3.05) is 11.9 Å². The maximum Gasteiger partial charge on any atom is 0.0855 e. The molecule has 0 saturated carbocycles. The molecule has 0 amide bonds. The first-order valence-electron chi connectivity index (χ1n) is 9.59. The molecule has 2 aromatic carbocycles. The van der Waals surface area contributed by atoms with E-state index in [1.165, 1.54) is 27.9 Å². The van der Waals surface area contributed by atoms with Crippen LogP contribution in [-0.2, 0) is 25.7 Å². The maximum atomic E-state index is 5.84. The van der Waals surface area contributed by atoms with Gasteiger partial charge in [0.15, 0.2) is 0 Å². The third kappa shape index (κ3) is 4.07. The summed E-state index contributed by atoms with van der Waals surface area (Å²) in [7, 11) is 2.12. The zero-order valence-electron chi connectivity index (χ0n) is 16.2. The summed E-state index contributed by atoms with van der Waals surface area (Å²) in [5, 5.41) is 0. The van der Waals surface area contributed by atoms with E-state index in [1.807, 2.05) is 6.08 Å². The molecule has 0 N–H and O–H groups in total. The predicted molar refractivity (Wildman–Crippen MR) is 117 cm³/mol. The molecule has 4 bridgehead atoms. The van der Waals surface area contributed by atoms with Crippen LogP contribution < -0.4 is 4.90 Å². The van der Waals surface area contributed by atoms with Crippen LogP contribution in [0.15, 0.2) is 55.1 Å². The van der Waals surface area contributed by atoms with E-state index in [2.05, 4.69) is 74.8 Å². The lowest BCUT2D eigenvalue weighted by atomic mass is 9.93. The van der Waals surface area contributed by atoms with E-state index >= 15 is 0 Å². The van der Waals surface area contributed by atoms with Crippen LogP contribution in [0, 0.1) is 11.8 Å². The maximum absolute atomic E-state index is 5.84. The molecule has 0 saturated heterocycles. The van der Waals surface area contributed by atoms with Crippen LogP contribution in [0.4, 0.5) is 5.69 Å². The minimum absolute atomic E-state index is 0.301. The number of benzene rings is 2. The van der Waals surface area contributed by atoms with E-state index in [0.717, 1.165) is 30.7 Å². The van der Waals surface area contributed by atoms with Gasteiger partial charge in [0.25, 0.3) is 0 Å². The lowest BCUT2D eigenvalue weighted by Crippen LogP contribution is -2.33. The predicted octanol–water partition coefficient (Wildman–Crippen LogP) is 5.79. The Bertz CT molecular complexity index is 790. The Morgan fingerprint density at radius 2 is 1.50 bits per heavy atom. The molecular formula is C24H29NS. The molecule has 6 rings (SSSR count). The van der Waals surface area contributed by atoms with Crippen molar-refractivity contribution in [3.8, 4) is 0 Å². The van der Waals surface area contributed by atoms with Crippen LogP contribution in [0.5, 0.6) is 0 Å². The molecule has 2 aromatic rings. The number of hydrogen-bond donors (Lipinski definition) is 0. The van der Waals surface area contributed by atoms with Crippen LogP contribution in [-0.4, -0.2) is 12.0 Å². The van der Waals surface area contributed by atoms with E-state index in [0.29, 0.717) is 11.8 Å². The van der Waals surface area contributed by atoms with Crippen molar-refractivity contribution in [2.45, 2.75) is 39.5 Å². The van der Waals surface area contributed by atoms with Crippen LogP contribution in [0.3, 0.4) is 0 Å². The molecule has 0 spiro atoms. The Morgan fingerprint density at radius 3 is 2.12 bits per heavy atom. The van der Waals surface area contributed by atoms with Gasteiger partial charge in [-0.25, -0.2) is 0 Å². The second-order valence-corrected chi connectivity index (χ2v) is 7.98. The van der Waals surface area contributed by atoms with Crippen LogP contribution in [0.25, 0.3) is 0 Å². The lowest BCUT2D eigenvalue weighted by molar-refractivity contribution is 0.591. The fourth-order valence-corrected chi connectivity index (χ4v) is 3.90. The van der Waals surface area contributed by atoms with Gasteiger partial charge in [0.05, 0.1) is 4.99 Å². The average molecular weight is 364 g/mol. The number of nitrogens with zero attached hydrogens (tertiary/aromatic N) is 1. The largest absolute Gasteiger partial charge is 0.339 e. The summed E-state index contributed by atoms with van der Waals surface area (Å²) < 4.78 is 0. The fraction of sp³-hybridized carbons (Fsp3) is 0.375. The van der Waals surface area contributed by atoms with Gasteiger partial charge in [0.2, 0.25) is 0 Å². The summed E-state index contributed by atoms with van der Waals surface area (Å²) >= 11 is 5.84. The molecule has 1 nitrogen and oxygen atoms in total. The molecule has 26 heavy (non-hydrogen) atoms. The second-order valence-electron chi connectivity index (χ2n) is 7.56. The monoisotopic (exact) mass is 363 g/mol. The minimum atomic E-state index is 0.301. The van der Waals surface area contributed by atoms with E-state index < -0.39 is 0 Å². The molecule has 0 unspecified atom stereocenters. The highest BCUT2D eigenvalue weighted by atomic mass is 32.1. The van der Waals surface area contributed by atoms with Crippen LogP contribution >= 0.6 is 12.2 Å². The third-order valence-electron chi connectivity index (χ3n) is 5.80. The number of hydrogen-bond acceptors (Lipinski definition) is 1. The van der Waals surface area contributed by atoms with Crippen molar-refractivity contribution in [1.82, 2.24) is 0 Å². The van der Waals surface area contributed by atoms with Gasteiger partial charge in [-0.1, -0.05) is 68.5 Å². The molecule has 4 aliphatic carbocycles. The molecule has 0 radical (unpaired) electrons. The van der Waals surface area contributed by atoms with Crippen molar-refractivity contribution in [2.24, 2.45) is 11.8 Å². The van der Waals surface area contributed by atoms with E-state index in [1.54, 1.807) is 0 Å². The number of allylic oxidation sites excluding steroid dienone is 1. The van der Waals surface area contributed by atoms with Gasteiger partial charge in [-0.15, -0.1) is 6.58 Å². The SMILES string of the molecule is C=C[C@@H](C)[C@@H](C)C(=S)N(C)c1cc2ccc1CCc1ccc(cc1)CC2. The zero-order valence-corrected chi connectivity index (χ0v) is 17.0. The molecule has 4 aliphatic rings. The van der Waals surface area contributed by atoms with Gasteiger partial charge in [0, 0.05) is 18.7 Å². The number of rotatable bonds is 4. The molecule has 136 valence electrons. The van der Waals surface area contributed by atoms with Gasteiger partial charge >= 0.3 is 0 Å². The Labute approximate surface area is 163 Å². The quantitative estimate of drug-likeness (QED) is 0.499. The van der Waals surface area contributed by atoms with Crippen molar-refractivity contribution >= 4 is 22.9 Å². The molecule has 2 atom stereocenters. The number of anilines is 1.